The molecular weight excluding hydrogens is 757 g/mol. The molecule has 0 unspecified atom stereocenters. The van der Waals surface area contributed by atoms with Crippen molar-refractivity contribution in [2.75, 3.05) is 13.2 Å². The van der Waals surface area contributed by atoms with E-state index in [2.05, 4.69) is 111 Å². The van der Waals surface area contributed by atoms with Crippen molar-refractivity contribution in [3.8, 4) is 11.5 Å². The summed E-state index contributed by atoms with van der Waals surface area (Å²) in [6.07, 6.45) is 40.7. The van der Waals surface area contributed by atoms with Crippen LogP contribution in [0.1, 0.15) is 203 Å². The second-order valence-corrected chi connectivity index (χ2v) is 17.7. The van der Waals surface area contributed by atoms with Crippen molar-refractivity contribution in [2.45, 2.75) is 194 Å². The number of hydrogen-bond donors (Lipinski definition) is 0. The highest BCUT2D eigenvalue weighted by Crippen LogP contribution is 2.20. The van der Waals surface area contributed by atoms with E-state index in [9.17, 15) is 0 Å². The monoisotopic (exact) mass is 841 g/mol. The molecule has 4 nitrogen and oxygen atoms in total. The smallest absolute Gasteiger partial charge is 0.119 e. The lowest BCUT2D eigenvalue weighted by molar-refractivity contribution is 0.303. The van der Waals surface area contributed by atoms with E-state index in [1.54, 1.807) is 0 Å². The van der Waals surface area contributed by atoms with Gasteiger partial charge in [-0.05, 0) is 134 Å². The molecule has 0 heterocycles. The first-order valence-electron chi connectivity index (χ1n) is 25.4. The zero-order valence-corrected chi connectivity index (χ0v) is 39.3. The lowest BCUT2D eigenvalue weighted by Crippen LogP contribution is -1.97. The van der Waals surface area contributed by atoms with Crippen molar-refractivity contribution in [2.24, 2.45) is 9.98 Å². The molecule has 338 valence electrons. The molecule has 4 aromatic carbocycles. The van der Waals surface area contributed by atoms with Crippen molar-refractivity contribution in [3.05, 3.63) is 119 Å². The molecule has 4 rings (SSSR count). The van der Waals surface area contributed by atoms with Crippen LogP contribution in [0.15, 0.2) is 107 Å². The summed E-state index contributed by atoms with van der Waals surface area (Å²) in [5.74, 6) is 1.88. The highest BCUT2D eigenvalue weighted by Gasteiger charge is 2.01. The summed E-state index contributed by atoms with van der Waals surface area (Å²) in [5, 5.41) is 0. The first-order valence-corrected chi connectivity index (χ1v) is 25.4. The zero-order valence-electron chi connectivity index (χ0n) is 39.3. The molecule has 0 aromatic heterocycles. The van der Waals surface area contributed by atoms with E-state index in [0.29, 0.717) is 0 Å². The first-order chi connectivity index (χ1) is 30.7. The Bertz CT molecular complexity index is 1560. The third-order valence-corrected chi connectivity index (χ3v) is 12.1. The van der Waals surface area contributed by atoms with Crippen LogP contribution in [0, 0.1) is 0 Å². The number of unbranched alkanes of at least 4 members (excludes halogenated alkanes) is 23. The average molecular weight is 841 g/mol. The quantitative estimate of drug-likeness (QED) is 0.0335. The van der Waals surface area contributed by atoms with Gasteiger partial charge < -0.3 is 9.47 Å². The van der Waals surface area contributed by atoms with Gasteiger partial charge in [-0.25, -0.2) is 0 Å². The number of aryl methyl sites for hydroxylation is 2. The van der Waals surface area contributed by atoms with Crippen molar-refractivity contribution < 1.29 is 9.47 Å². The fourth-order valence-electron chi connectivity index (χ4n) is 8.02. The van der Waals surface area contributed by atoms with Crippen LogP contribution in [0.4, 0.5) is 11.4 Å². The number of rotatable bonds is 37. The predicted octanol–water partition coefficient (Wildman–Crippen LogP) is 17.9. The van der Waals surface area contributed by atoms with Gasteiger partial charge in [0.1, 0.15) is 11.5 Å². The molecule has 4 aromatic rings. The van der Waals surface area contributed by atoms with Crippen LogP contribution in [-0.4, -0.2) is 25.6 Å². The van der Waals surface area contributed by atoms with Crippen molar-refractivity contribution in [3.63, 3.8) is 0 Å². The van der Waals surface area contributed by atoms with Crippen LogP contribution in [0.2, 0.25) is 0 Å². The Balaban J connectivity index is 0.921. The number of ether oxygens (including phenoxy) is 2. The Morgan fingerprint density at radius 2 is 0.613 bits per heavy atom. The van der Waals surface area contributed by atoms with Gasteiger partial charge in [-0.3, -0.25) is 9.98 Å². The number of benzene rings is 4. The zero-order chi connectivity index (χ0) is 43.4. The molecule has 4 heteroatoms. The van der Waals surface area contributed by atoms with Crippen LogP contribution in [0.5, 0.6) is 11.5 Å². The second kappa shape index (κ2) is 34.3. The summed E-state index contributed by atoms with van der Waals surface area (Å²) in [6.45, 7) is 6.14. The molecule has 0 fully saturated rings. The van der Waals surface area contributed by atoms with E-state index in [0.717, 1.165) is 60.1 Å². The summed E-state index contributed by atoms with van der Waals surface area (Å²) in [7, 11) is 0. The minimum absolute atomic E-state index is 0.785. The van der Waals surface area contributed by atoms with Gasteiger partial charge in [0.05, 0.1) is 24.6 Å². The summed E-state index contributed by atoms with van der Waals surface area (Å²) < 4.78 is 12.0. The Kier molecular flexibility index (Phi) is 27.9. The van der Waals surface area contributed by atoms with Gasteiger partial charge in [0.15, 0.2) is 0 Å². The standard InChI is InChI=1S/C58H84N2O2/c1-3-5-7-9-11-17-21-25-29-51-31-39-55(40-32-51)59-49-53-35-43-57(44-36-53)61-47-27-23-19-15-13-14-16-20-24-28-48-62-58-45-37-54(38-46-58)50-60-56-41-33-52(34-42-56)30-26-22-18-12-10-8-6-4-2/h31-46,49-50H,3-30,47-48H2,1-2H3. The van der Waals surface area contributed by atoms with Gasteiger partial charge in [0, 0.05) is 12.4 Å². The summed E-state index contributed by atoms with van der Waals surface area (Å²) in [6, 6.07) is 34.1. The molecule has 0 atom stereocenters. The molecule has 0 aliphatic carbocycles. The van der Waals surface area contributed by atoms with E-state index in [4.69, 9.17) is 19.5 Å². The van der Waals surface area contributed by atoms with Crippen LogP contribution in [-0.2, 0) is 12.8 Å². The highest BCUT2D eigenvalue weighted by molar-refractivity contribution is 5.82. The molecule has 0 N–H and O–H groups in total. The molecule has 0 aliphatic rings. The molecule has 0 amide bonds. The third kappa shape index (κ3) is 24.5. The average Bonchev–Trinajstić information content (AvgIpc) is 3.31. The molecule has 62 heavy (non-hydrogen) atoms. The topological polar surface area (TPSA) is 43.2 Å². The SMILES string of the molecule is CCCCCCCCCCc1ccc(N=Cc2ccc(OCCCCCCCCCCCCOc3ccc(C=Nc4ccc(CCCCCCCCCC)cc4)cc3)cc2)cc1. The Hall–Kier alpha value is -4.18. The van der Waals surface area contributed by atoms with Gasteiger partial charge in [0.2, 0.25) is 0 Å². The van der Waals surface area contributed by atoms with E-state index in [1.807, 2.05) is 12.4 Å². The van der Waals surface area contributed by atoms with Crippen LogP contribution < -0.4 is 9.47 Å². The van der Waals surface area contributed by atoms with E-state index < -0.39 is 0 Å². The van der Waals surface area contributed by atoms with Gasteiger partial charge in [-0.15, -0.1) is 0 Å². The molecule has 0 aliphatic heterocycles. The van der Waals surface area contributed by atoms with Crippen molar-refractivity contribution >= 4 is 23.8 Å². The molecular formula is C58H84N2O2. The number of nitrogens with zero attached hydrogens (tertiary/aromatic N) is 2. The Morgan fingerprint density at radius 1 is 0.323 bits per heavy atom. The van der Waals surface area contributed by atoms with E-state index >= 15 is 0 Å². The minimum atomic E-state index is 0.785. The molecule has 0 saturated heterocycles. The van der Waals surface area contributed by atoms with Gasteiger partial charge >= 0.3 is 0 Å². The summed E-state index contributed by atoms with van der Waals surface area (Å²) in [4.78, 5) is 9.39. The Morgan fingerprint density at radius 3 is 0.935 bits per heavy atom. The van der Waals surface area contributed by atoms with Crippen LogP contribution in [0.25, 0.3) is 0 Å². The van der Waals surface area contributed by atoms with Gasteiger partial charge in [-0.1, -0.05) is 179 Å². The summed E-state index contributed by atoms with van der Waals surface area (Å²) in [5.41, 5.74) is 7.04. The van der Waals surface area contributed by atoms with Gasteiger partial charge in [-0.2, -0.15) is 0 Å². The van der Waals surface area contributed by atoms with Crippen LogP contribution in [0.3, 0.4) is 0 Å². The fraction of sp³-hybridized carbons (Fsp3) is 0.552. The largest absolute Gasteiger partial charge is 0.494 e. The maximum atomic E-state index is 6.02. The third-order valence-electron chi connectivity index (χ3n) is 12.1. The molecule has 0 bridgehead atoms. The van der Waals surface area contributed by atoms with E-state index in [-0.39, 0.29) is 0 Å². The predicted molar refractivity (Wildman–Crippen MR) is 270 cm³/mol. The normalized spacial score (nSPS) is 11.6. The number of hydrogen-bond acceptors (Lipinski definition) is 4. The van der Waals surface area contributed by atoms with Crippen molar-refractivity contribution in [1.82, 2.24) is 0 Å². The molecule has 0 saturated carbocycles. The molecule has 0 spiro atoms. The van der Waals surface area contributed by atoms with Crippen molar-refractivity contribution in [1.29, 1.82) is 0 Å². The van der Waals surface area contributed by atoms with E-state index in [1.165, 1.54) is 178 Å². The lowest BCUT2D eigenvalue weighted by atomic mass is 10.0. The van der Waals surface area contributed by atoms with Crippen LogP contribution >= 0.6 is 0 Å². The highest BCUT2D eigenvalue weighted by atomic mass is 16.5. The maximum Gasteiger partial charge on any atom is 0.119 e. The second-order valence-electron chi connectivity index (χ2n) is 17.7. The summed E-state index contributed by atoms with van der Waals surface area (Å²) >= 11 is 0. The maximum absolute atomic E-state index is 6.02. The Labute approximate surface area is 379 Å². The van der Waals surface area contributed by atoms with Gasteiger partial charge in [0.25, 0.3) is 0 Å². The lowest BCUT2D eigenvalue weighted by Gasteiger charge is -2.07. The fourth-order valence-corrected chi connectivity index (χ4v) is 8.02. The first kappa shape index (κ1) is 50.5. The molecule has 0 radical (unpaired) electrons. The minimum Gasteiger partial charge on any atom is -0.494 e. The number of aliphatic imine (C=N–C) groups is 2.